The second-order valence-electron chi connectivity index (χ2n) is 3.60. The lowest BCUT2D eigenvalue weighted by molar-refractivity contribution is 0.285. The molecule has 0 aliphatic rings. The van der Waals surface area contributed by atoms with E-state index in [1.54, 1.807) is 25.4 Å². The highest BCUT2D eigenvalue weighted by Gasteiger charge is 2.09. The molecule has 0 fully saturated rings. The molecule has 0 unspecified atom stereocenters. The van der Waals surface area contributed by atoms with Crippen LogP contribution in [-0.2, 0) is 6.61 Å². The third-order valence-electron chi connectivity index (χ3n) is 2.43. The summed E-state index contributed by atoms with van der Waals surface area (Å²) in [7, 11) is 1.73. The minimum absolute atomic E-state index is 0.110. The van der Waals surface area contributed by atoms with Crippen molar-refractivity contribution >= 4 is 5.82 Å². The van der Waals surface area contributed by atoms with E-state index in [1.807, 2.05) is 0 Å². The van der Waals surface area contributed by atoms with Crippen LogP contribution in [0.1, 0.15) is 5.56 Å². The second kappa shape index (κ2) is 5.44. The zero-order chi connectivity index (χ0) is 13.0. The molecule has 0 radical (unpaired) electrons. The number of anilines is 1. The Labute approximate surface area is 103 Å². The lowest BCUT2D eigenvalue weighted by Gasteiger charge is -2.10. The molecule has 0 saturated heterocycles. The summed E-state index contributed by atoms with van der Waals surface area (Å²) in [6, 6.07) is 7.38. The summed E-state index contributed by atoms with van der Waals surface area (Å²) in [5.74, 6) is -1.37. The third-order valence-corrected chi connectivity index (χ3v) is 2.43. The molecule has 0 saturated carbocycles. The van der Waals surface area contributed by atoms with Crippen LogP contribution in [0.4, 0.5) is 14.6 Å². The molecule has 5 heteroatoms. The van der Waals surface area contributed by atoms with Gasteiger partial charge in [-0.15, -0.1) is 0 Å². The highest BCUT2D eigenvalue weighted by Crippen LogP contribution is 2.21. The van der Waals surface area contributed by atoms with E-state index < -0.39 is 11.6 Å². The Morgan fingerprint density at radius 3 is 2.83 bits per heavy atom. The SMILES string of the molecule is CNc1ncccc1COc1cccc(F)c1F. The molecule has 1 aromatic heterocycles. The predicted octanol–water partition coefficient (Wildman–Crippen LogP) is 2.98. The lowest BCUT2D eigenvalue weighted by atomic mass is 10.2. The van der Waals surface area contributed by atoms with E-state index >= 15 is 0 Å². The van der Waals surface area contributed by atoms with Gasteiger partial charge in [0.15, 0.2) is 11.6 Å². The summed E-state index contributed by atoms with van der Waals surface area (Å²) in [6.45, 7) is 0.115. The molecule has 0 bridgehead atoms. The fraction of sp³-hybridized carbons (Fsp3) is 0.154. The van der Waals surface area contributed by atoms with Crippen LogP contribution in [0.3, 0.4) is 0 Å². The number of ether oxygens (including phenoxy) is 1. The maximum atomic E-state index is 13.4. The van der Waals surface area contributed by atoms with Crippen molar-refractivity contribution < 1.29 is 13.5 Å². The van der Waals surface area contributed by atoms with Crippen molar-refractivity contribution in [2.45, 2.75) is 6.61 Å². The molecular formula is C13H12F2N2O. The number of halogens is 2. The fourth-order valence-corrected chi connectivity index (χ4v) is 1.53. The quantitative estimate of drug-likeness (QED) is 0.905. The topological polar surface area (TPSA) is 34.2 Å². The molecule has 3 nitrogen and oxygen atoms in total. The van der Waals surface area contributed by atoms with Crippen molar-refractivity contribution in [1.82, 2.24) is 4.98 Å². The van der Waals surface area contributed by atoms with Gasteiger partial charge < -0.3 is 10.1 Å². The standard InChI is InChI=1S/C13H12F2N2O/c1-16-13-9(4-3-7-17-13)8-18-11-6-2-5-10(14)12(11)15/h2-7H,8H2,1H3,(H,16,17). The molecule has 0 spiro atoms. The van der Waals surface area contributed by atoms with Gasteiger partial charge >= 0.3 is 0 Å². The monoisotopic (exact) mass is 250 g/mol. The Morgan fingerprint density at radius 1 is 1.22 bits per heavy atom. The number of benzene rings is 1. The average Bonchev–Trinajstić information content (AvgIpc) is 2.41. The average molecular weight is 250 g/mol. The third kappa shape index (κ3) is 2.56. The Hall–Kier alpha value is -2.17. The van der Waals surface area contributed by atoms with Gasteiger partial charge in [0.2, 0.25) is 5.82 Å². The van der Waals surface area contributed by atoms with E-state index in [4.69, 9.17) is 4.74 Å². The number of hydrogen-bond donors (Lipinski definition) is 1. The number of hydrogen-bond acceptors (Lipinski definition) is 3. The van der Waals surface area contributed by atoms with Crippen LogP contribution in [0.25, 0.3) is 0 Å². The van der Waals surface area contributed by atoms with Gasteiger partial charge in [-0.2, -0.15) is 4.39 Å². The van der Waals surface area contributed by atoms with Gasteiger partial charge in [-0.05, 0) is 18.2 Å². The van der Waals surface area contributed by atoms with E-state index in [2.05, 4.69) is 10.3 Å². The van der Waals surface area contributed by atoms with Gasteiger partial charge in [0, 0.05) is 18.8 Å². The van der Waals surface area contributed by atoms with Crippen molar-refractivity contribution in [3.8, 4) is 5.75 Å². The molecule has 18 heavy (non-hydrogen) atoms. The maximum Gasteiger partial charge on any atom is 0.200 e. The van der Waals surface area contributed by atoms with Crippen molar-refractivity contribution in [3.63, 3.8) is 0 Å². The molecule has 2 rings (SSSR count). The van der Waals surface area contributed by atoms with Crippen LogP contribution in [0, 0.1) is 11.6 Å². The highest BCUT2D eigenvalue weighted by atomic mass is 19.2. The normalized spacial score (nSPS) is 10.2. The molecule has 0 aliphatic carbocycles. The van der Waals surface area contributed by atoms with Gasteiger partial charge in [0.1, 0.15) is 12.4 Å². The number of nitrogens with zero attached hydrogens (tertiary/aromatic N) is 1. The summed E-state index contributed by atoms with van der Waals surface area (Å²) < 4.78 is 31.6. The zero-order valence-corrected chi connectivity index (χ0v) is 9.78. The summed E-state index contributed by atoms with van der Waals surface area (Å²) >= 11 is 0. The van der Waals surface area contributed by atoms with Crippen LogP contribution in [0.2, 0.25) is 0 Å². The number of aromatic nitrogens is 1. The first-order valence-electron chi connectivity index (χ1n) is 5.41. The first-order chi connectivity index (χ1) is 8.72. The molecule has 1 heterocycles. The summed E-state index contributed by atoms with van der Waals surface area (Å²) in [5.41, 5.74) is 0.767. The van der Waals surface area contributed by atoms with Crippen molar-refractivity contribution in [2.24, 2.45) is 0 Å². The van der Waals surface area contributed by atoms with E-state index in [9.17, 15) is 8.78 Å². The summed E-state index contributed by atoms with van der Waals surface area (Å²) in [4.78, 5) is 4.09. The fourth-order valence-electron chi connectivity index (χ4n) is 1.53. The van der Waals surface area contributed by atoms with E-state index in [-0.39, 0.29) is 12.4 Å². The molecule has 0 aliphatic heterocycles. The van der Waals surface area contributed by atoms with Crippen LogP contribution >= 0.6 is 0 Å². The molecule has 0 atom stereocenters. The lowest BCUT2D eigenvalue weighted by Crippen LogP contribution is -2.03. The number of rotatable bonds is 4. The van der Waals surface area contributed by atoms with Gasteiger partial charge in [0.05, 0.1) is 0 Å². The molecule has 0 amide bonds. The Morgan fingerprint density at radius 2 is 2.06 bits per heavy atom. The smallest absolute Gasteiger partial charge is 0.200 e. The Bertz CT molecular complexity index is 546. The summed E-state index contributed by atoms with van der Waals surface area (Å²) in [6.07, 6.45) is 1.64. The van der Waals surface area contributed by atoms with Gasteiger partial charge in [-0.25, -0.2) is 9.37 Å². The zero-order valence-electron chi connectivity index (χ0n) is 9.78. The van der Waals surface area contributed by atoms with E-state index in [0.717, 1.165) is 11.6 Å². The first-order valence-corrected chi connectivity index (χ1v) is 5.41. The molecule has 2 aromatic rings. The maximum absolute atomic E-state index is 13.4. The second-order valence-corrected chi connectivity index (χ2v) is 3.60. The van der Waals surface area contributed by atoms with Crippen LogP contribution in [0.15, 0.2) is 36.5 Å². The minimum atomic E-state index is -0.979. The Kier molecular flexibility index (Phi) is 3.72. The van der Waals surface area contributed by atoms with Gasteiger partial charge in [0.25, 0.3) is 0 Å². The van der Waals surface area contributed by atoms with Gasteiger partial charge in [-0.1, -0.05) is 12.1 Å². The Balaban J connectivity index is 2.14. The predicted molar refractivity (Wildman–Crippen MR) is 64.5 cm³/mol. The van der Waals surface area contributed by atoms with Gasteiger partial charge in [-0.3, -0.25) is 0 Å². The number of nitrogens with one attached hydrogen (secondary N) is 1. The molecule has 94 valence electrons. The van der Waals surface area contributed by atoms with Crippen LogP contribution in [0.5, 0.6) is 5.75 Å². The van der Waals surface area contributed by atoms with Crippen LogP contribution in [-0.4, -0.2) is 12.0 Å². The minimum Gasteiger partial charge on any atom is -0.486 e. The first kappa shape index (κ1) is 12.3. The van der Waals surface area contributed by atoms with E-state index in [0.29, 0.717) is 5.82 Å². The van der Waals surface area contributed by atoms with Crippen molar-refractivity contribution in [3.05, 3.63) is 53.7 Å². The molecular weight excluding hydrogens is 238 g/mol. The number of pyridine rings is 1. The largest absolute Gasteiger partial charge is 0.486 e. The molecule has 1 aromatic carbocycles. The highest BCUT2D eigenvalue weighted by molar-refractivity contribution is 5.42. The molecule has 1 N–H and O–H groups in total. The van der Waals surface area contributed by atoms with Crippen molar-refractivity contribution in [2.75, 3.05) is 12.4 Å². The van der Waals surface area contributed by atoms with E-state index in [1.165, 1.54) is 12.1 Å². The summed E-state index contributed by atoms with van der Waals surface area (Å²) in [5, 5.41) is 2.90. The van der Waals surface area contributed by atoms with Crippen LogP contribution < -0.4 is 10.1 Å². The van der Waals surface area contributed by atoms with Crippen molar-refractivity contribution in [1.29, 1.82) is 0 Å².